The molecule has 0 aliphatic rings. The highest BCUT2D eigenvalue weighted by molar-refractivity contribution is 6.04. The third-order valence-corrected chi connectivity index (χ3v) is 3.56. The zero-order valence-corrected chi connectivity index (χ0v) is 12.8. The van der Waals surface area contributed by atoms with Crippen LogP contribution in [-0.2, 0) is 6.18 Å². The first-order valence-corrected chi connectivity index (χ1v) is 7.12. The largest absolute Gasteiger partial charge is 0.417 e. The van der Waals surface area contributed by atoms with Gasteiger partial charge in [0.05, 0.1) is 17.4 Å². The molecule has 0 fully saturated rings. The first kappa shape index (κ1) is 17.4. The molecule has 2 aromatic heterocycles. The summed E-state index contributed by atoms with van der Waals surface area (Å²) in [6.07, 6.45) is -2.83. The molecule has 0 aliphatic carbocycles. The first-order chi connectivity index (χ1) is 12.2. The average molecular weight is 366 g/mol. The Morgan fingerprint density at radius 3 is 2.54 bits per heavy atom. The van der Waals surface area contributed by atoms with E-state index in [1.54, 1.807) is 0 Å². The summed E-state index contributed by atoms with van der Waals surface area (Å²) in [6, 6.07) is 5.04. The minimum absolute atomic E-state index is 0.0424. The van der Waals surface area contributed by atoms with E-state index in [-0.39, 0.29) is 22.6 Å². The molecule has 10 heteroatoms. The fraction of sp³-hybridized carbons (Fsp3) is 0.0625. The molecule has 2 amide bonds. The van der Waals surface area contributed by atoms with Crippen LogP contribution < -0.4 is 11.1 Å². The molecule has 0 spiro atoms. The van der Waals surface area contributed by atoms with Crippen LogP contribution in [0.15, 0.2) is 42.7 Å². The van der Waals surface area contributed by atoms with Gasteiger partial charge in [0.25, 0.3) is 5.91 Å². The van der Waals surface area contributed by atoms with E-state index in [2.05, 4.69) is 10.3 Å². The van der Waals surface area contributed by atoms with Gasteiger partial charge in [-0.1, -0.05) is 0 Å². The molecule has 1 aromatic carbocycles. The van der Waals surface area contributed by atoms with Crippen LogP contribution in [0, 0.1) is 5.82 Å². The minimum Gasteiger partial charge on any atom is -0.366 e. The Labute approximate surface area is 143 Å². The number of carbonyl (C=O) groups is 2. The molecule has 3 rings (SSSR count). The molecule has 3 N–H and O–H groups in total. The summed E-state index contributed by atoms with van der Waals surface area (Å²) in [5, 5.41) is 2.19. The number of nitrogens with zero attached hydrogens (tertiary/aromatic N) is 2. The monoisotopic (exact) mass is 366 g/mol. The van der Waals surface area contributed by atoms with Crippen molar-refractivity contribution in [2.75, 3.05) is 5.32 Å². The van der Waals surface area contributed by atoms with Crippen molar-refractivity contribution in [2.45, 2.75) is 6.18 Å². The number of pyridine rings is 1. The zero-order chi connectivity index (χ0) is 19.1. The second kappa shape index (κ2) is 6.14. The van der Waals surface area contributed by atoms with Crippen LogP contribution in [0.2, 0.25) is 0 Å². The number of alkyl halides is 3. The number of anilines is 1. The Bertz CT molecular complexity index is 1030. The van der Waals surface area contributed by atoms with Crippen molar-refractivity contribution >= 4 is 23.1 Å². The van der Waals surface area contributed by atoms with E-state index in [9.17, 15) is 27.2 Å². The summed E-state index contributed by atoms with van der Waals surface area (Å²) in [5.41, 5.74) is 3.61. The van der Waals surface area contributed by atoms with Gasteiger partial charge in [0, 0.05) is 11.8 Å². The van der Waals surface area contributed by atoms with E-state index in [4.69, 9.17) is 5.73 Å². The van der Waals surface area contributed by atoms with Crippen LogP contribution >= 0.6 is 0 Å². The lowest BCUT2D eigenvalue weighted by atomic mass is 10.2. The van der Waals surface area contributed by atoms with E-state index < -0.39 is 29.4 Å². The normalized spacial score (nSPS) is 11.5. The lowest BCUT2D eigenvalue weighted by molar-refractivity contribution is -0.137. The van der Waals surface area contributed by atoms with Gasteiger partial charge in [-0.15, -0.1) is 0 Å². The average Bonchev–Trinajstić information content (AvgIpc) is 2.99. The van der Waals surface area contributed by atoms with Crippen molar-refractivity contribution in [2.24, 2.45) is 5.73 Å². The summed E-state index contributed by atoms with van der Waals surface area (Å²) < 4.78 is 53.3. The van der Waals surface area contributed by atoms with Gasteiger partial charge >= 0.3 is 6.18 Å². The second-order valence-electron chi connectivity index (χ2n) is 5.30. The number of aromatic nitrogens is 2. The molecule has 26 heavy (non-hydrogen) atoms. The number of amides is 2. The van der Waals surface area contributed by atoms with Gasteiger partial charge in [0.15, 0.2) is 0 Å². The highest BCUT2D eigenvalue weighted by atomic mass is 19.4. The van der Waals surface area contributed by atoms with Crippen LogP contribution in [0.1, 0.15) is 26.4 Å². The number of carbonyl (C=O) groups excluding carboxylic acids is 2. The number of benzene rings is 1. The summed E-state index contributed by atoms with van der Waals surface area (Å²) in [4.78, 5) is 27.3. The maximum atomic E-state index is 13.8. The van der Waals surface area contributed by atoms with E-state index in [0.717, 1.165) is 40.9 Å². The van der Waals surface area contributed by atoms with Gasteiger partial charge in [0.1, 0.15) is 17.2 Å². The molecule has 0 radical (unpaired) electrons. The molecule has 6 nitrogen and oxygen atoms in total. The van der Waals surface area contributed by atoms with Crippen molar-refractivity contribution in [3.8, 4) is 0 Å². The fourth-order valence-electron chi connectivity index (χ4n) is 2.28. The SMILES string of the molecule is NC(=O)c1ccc(F)c(NC(=O)c2cnc3ccc(C(F)(F)F)cn23)c1. The van der Waals surface area contributed by atoms with Crippen LogP contribution in [0.5, 0.6) is 0 Å². The number of nitrogens with two attached hydrogens (primary N) is 1. The van der Waals surface area contributed by atoms with Gasteiger partial charge in [-0.25, -0.2) is 9.37 Å². The number of primary amides is 1. The fourth-order valence-corrected chi connectivity index (χ4v) is 2.28. The number of imidazole rings is 1. The maximum absolute atomic E-state index is 13.8. The molecule has 3 aromatic rings. The lowest BCUT2D eigenvalue weighted by Crippen LogP contribution is -2.17. The van der Waals surface area contributed by atoms with Gasteiger partial charge in [-0.2, -0.15) is 13.2 Å². The maximum Gasteiger partial charge on any atom is 0.417 e. The Kier molecular flexibility index (Phi) is 4.10. The lowest BCUT2D eigenvalue weighted by Gasteiger charge is -2.09. The summed E-state index contributed by atoms with van der Waals surface area (Å²) in [6.45, 7) is 0. The Morgan fingerprint density at radius 2 is 1.88 bits per heavy atom. The number of hydrogen-bond donors (Lipinski definition) is 2. The van der Waals surface area contributed by atoms with Gasteiger partial charge in [0.2, 0.25) is 5.91 Å². The molecular formula is C16H10F4N4O2. The van der Waals surface area contributed by atoms with Crippen molar-refractivity contribution in [1.82, 2.24) is 9.38 Å². The first-order valence-electron chi connectivity index (χ1n) is 7.12. The highest BCUT2D eigenvalue weighted by Crippen LogP contribution is 2.29. The van der Waals surface area contributed by atoms with Gasteiger partial charge in [-0.05, 0) is 30.3 Å². The number of rotatable bonds is 3. The number of halogens is 4. The summed E-state index contributed by atoms with van der Waals surface area (Å²) in [5.74, 6) is -2.57. The number of fused-ring (bicyclic) bond motifs is 1. The zero-order valence-electron chi connectivity index (χ0n) is 12.8. The molecule has 0 unspecified atom stereocenters. The molecule has 0 saturated heterocycles. The molecule has 0 bridgehead atoms. The van der Waals surface area contributed by atoms with Gasteiger partial charge in [-0.3, -0.25) is 14.0 Å². The summed E-state index contributed by atoms with van der Waals surface area (Å²) >= 11 is 0. The van der Waals surface area contributed by atoms with E-state index >= 15 is 0 Å². The smallest absolute Gasteiger partial charge is 0.366 e. The third kappa shape index (κ3) is 3.21. The Morgan fingerprint density at radius 1 is 1.15 bits per heavy atom. The van der Waals surface area contributed by atoms with Crippen LogP contribution in [0.4, 0.5) is 23.2 Å². The number of nitrogens with one attached hydrogen (secondary N) is 1. The van der Waals surface area contributed by atoms with Gasteiger partial charge < -0.3 is 11.1 Å². The highest BCUT2D eigenvalue weighted by Gasteiger charge is 2.31. The third-order valence-electron chi connectivity index (χ3n) is 3.56. The van der Waals surface area contributed by atoms with E-state index in [0.29, 0.717) is 6.20 Å². The molecule has 134 valence electrons. The van der Waals surface area contributed by atoms with Crippen LogP contribution in [0.3, 0.4) is 0 Å². The van der Waals surface area contributed by atoms with Crippen LogP contribution in [-0.4, -0.2) is 21.2 Å². The predicted octanol–water partition coefficient (Wildman–Crippen LogP) is 2.84. The molecule has 2 heterocycles. The quantitative estimate of drug-likeness (QED) is 0.699. The molecule has 0 atom stereocenters. The van der Waals surface area contributed by atoms with Crippen molar-refractivity contribution in [3.63, 3.8) is 0 Å². The standard InChI is InChI=1S/C16H10F4N4O2/c17-10-3-1-8(14(21)25)5-11(10)23-15(26)12-6-22-13-4-2-9(7-24(12)13)16(18,19)20/h1-7H,(H2,21,25)(H,23,26). The summed E-state index contributed by atoms with van der Waals surface area (Å²) in [7, 11) is 0. The molecular weight excluding hydrogens is 356 g/mol. The Balaban J connectivity index is 1.98. The number of hydrogen-bond acceptors (Lipinski definition) is 3. The molecule has 0 saturated carbocycles. The van der Waals surface area contributed by atoms with Crippen molar-refractivity contribution < 1.29 is 27.2 Å². The topological polar surface area (TPSA) is 89.5 Å². The van der Waals surface area contributed by atoms with Crippen LogP contribution in [0.25, 0.3) is 5.65 Å². The van der Waals surface area contributed by atoms with E-state index in [1.807, 2.05) is 0 Å². The predicted molar refractivity (Wildman–Crippen MR) is 83.1 cm³/mol. The van der Waals surface area contributed by atoms with E-state index in [1.165, 1.54) is 0 Å². The molecule has 0 aliphatic heterocycles. The van der Waals surface area contributed by atoms with Crippen molar-refractivity contribution in [1.29, 1.82) is 0 Å². The second-order valence-corrected chi connectivity index (χ2v) is 5.30. The van der Waals surface area contributed by atoms with Crippen molar-refractivity contribution in [3.05, 3.63) is 65.4 Å². The minimum atomic E-state index is -4.60. The Hall–Kier alpha value is -3.43.